The van der Waals surface area contributed by atoms with Crippen molar-refractivity contribution in [3.05, 3.63) is 0 Å². The van der Waals surface area contributed by atoms with Crippen LogP contribution >= 0.6 is 0 Å². The summed E-state index contributed by atoms with van der Waals surface area (Å²) in [5.41, 5.74) is 0. The van der Waals surface area contributed by atoms with Crippen molar-refractivity contribution in [2.75, 3.05) is 19.8 Å². The third kappa shape index (κ3) is 3.09. The van der Waals surface area contributed by atoms with Gasteiger partial charge in [0, 0.05) is 6.61 Å². The van der Waals surface area contributed by atoms with Crippen molar-refractivity contribution in [2.45, 2.75) is 39.1 Å². The molecule has 0 aromatic heterocycles. The average molecular weight is 174 g/mol. The van der Waals surface area contributed by atoms with Crippen molar-refractivity contribution in [3.63, 3.8) is 0 Å². The van der Waals surface area contributed by atoms with Gasteiger partial charge < -0.3 is 14.2 Å². The fourth-order valence-electron chi connectivity index (χ4n) is 1.20. The van der Waals surface area contributed by atoms with Gasteiger partial charge in [-0.2, -0.15) is 0 Å². The molecule has 1 saturated heterocycles. The predicted octanol–water partition coefficient (Wildman–Crippen LogP) is 1.56. The summed E-state index contributed by atoms with van der Waals surface area (Å²) in [5, 5.41) is 0. The van der Waals surface area contributed by atoms with Crippen LogP contribution in [0, 0.1) is 0 Å². The maximum absolute atomic E-state index is 5.55. The molecule has 0 bridgehead atoms. The van der Waals surface area contributed by atoms with E-state index in [0.717, 1.165) is 13.0 Å². The molecular formula is C9H18O3. The van der Waals surface area contributed by atoms with Gasteiger partial charge in [-0.3, -0.25) is 0 Å². The predicted molar refractivity (Wildman–Crippen MR) is 46.0 cm³/mol. The van der Waals surface area contributed by atoms with Crippen LogP contribution in [0.4, 0.5) is 0 Å². The molecule has 1 aliphatic heterocycles. The van der Waals surface area contributed by atoms with Gasteiger partial charge in [-0.05, 0) is 20.3 Å². The summed E-state index contributed by atoms with van der Waals surface area (Å²) in [4.78, 5) is 0. The first-order valence-electron chi connectivity index (χ1n) is 4.53. The molecule has 72 valence electrons. The SMILES string of the molecule is CCCOCC1COC(C)(C)O1. The number of hydrogen-bond donors (Lipinski definition) is 0. The number of rotatable bonds is 4. The van der Waals surface area contributed by atoms with E-state index in [2.05, 4.69) is 6.92 Å². The van der Waals surface area contributed by atoms with Crippen molar-refractivity contribution >= 4 is 0 Å². The molecular weight excluding hydrogens is 156 g/mol. The Balaban J connectivity index is 2.11. The van der Waals surface area contributed by atoms with Crippen molar-refractivity contribution in [3.8, 4) is 0 Å². The lowest BCUT2D eigenvalue weighted by Gasteiger charge is -2.16. The number of ether oxygens (including phenoxy) is 3. The summed E-state index contributed by atoms with van der Waals surface area (Å²) in [6.07, 6.45) is 1.17. The molecule has 3 nitrogen and oxygen atoms in total. The fraction of sp³-hybridized carbons (Fsp3) is 1.00. The van der Waals surface area contributed by atoms with Gasteiger partial charge in [0.2, 0.25) is 0 Å². The molecule has 12 heavy (non-hydrogen) atoms. The van der Waals surface area contributed by atoms with Gasteiger partial charge in [0.05, 0.1) is 13.2 Å². The molecule has 0 amide bonds. The van der Waals surface area contributed by atoms with Crippen molar-refractivity contribution in [2.24, 2.45) is 0 Å². The Morgan fingerprint density at radius 3 is 2.75 bits per heavy atom. The Morgan fingerprint density at radius 1 is 1.50 bits per heavy atom. The molecule has 1 unspecified atom stereocenters. The van der Waals surface area contributed by atoms with Gasteiger partial charge in [-0.1, -0.05) is 6.92 Å². The quantitative estimate of drug-likeness (QED) is 0.605. The highest BCUT2D eigenvalue weighted by Crippen LogP contribution is 2.22. The van der Waals surface area contributed by atoms with Crippen LogP contribution in [0.1, 0.15) is 27.2 Å². The standard InChI is InChI=1S/C9H18O3/c1-4-5-10-6-8-7-11-9(2,3)12-8/h8H,4-7H2,1-3H3. The summed E-state index contributed by atoms with van der Waals surface area (Å²) in [6, 6.07) is 0. The molecule has 3 heteroatoms. The highest BCUT2D eigenvalue weighted by atomic mass is 16.7. The van der Waals surface area contributed by atoms with Crippen LogP contribution in [0.3, 0.4) is 0 Å². The first-order valence-corrected chi connectivity index (χ1v) is 4.53. The van der Waals surface area contributed by atoms with Gasteiger partial charge in [0.1, 0.15) is 6.10 Å². The highest BCUT2D eigenvalue weighted by Gasteiger charge is 2.32. The summed E-state index contributed by atoms with van der Waals surface area (Å²) >= 11 is 0. The van der Waals surface area contributed by atoms with Crippen molar-refractivity contribution in [1.29, 1.82) is 0 Å². The largest absolute Gasteiger partial charge is 0.379 e. The molecule has 0 aromatic rings. The molecule has 0 radical (unpaired) electrons. The molecule has 0 spiro atoms. The lowest BCUT2D eigenvalue weighted by Crippen LogP contribution is -2.24. The normalized spacial score (nSPS) is 27.8. The van der Waals surface area contributed by atoms with E-state index in [1.165, 1.54) is 0 Å². The molecule has 0 N–H and O–H groups in total. The van der Waals surface area contributed by atoms with Crippen LogP contribution in [0.2, 0.25) is 0 Å². The van der Waals surface area contributed by atoms with E-state index in [0.29, 0.717) is 13.2 Å². The fourth-order valence-corrected chi connectivity index (χ4v) is 1.20. The molecule has 1 rings (SSSR count). The van der Waals surface area contributed by atoms with E-state index in [1.807, 2.05) is 13.8 Å². The second-order valence-electron chi connectivity index (χ2n) is 3.53. The summed E-state index contributed by atoms with van der Waals surface area (Å²) in [6.45, 7) is 8.05. The maximum Gasteiger partial charge on any atom is 0.163 e. The van der Waals surface area contributed by atoms with Crippen LogP contribution in [-0.2, 0) is 14.2 Å². The van der Waals surface area contributed by atoms with E-state index in [1.54, 1.807) is 0 Å². The molecule has 1 fully saturated rings. The molecule has 1 aliphatic rings. The van der Waals surface area contributed by atoms with E-state index in [-0.39, 0.29) is 6.10 Å². The third-order valence-electron chi connectivity index (χ3n) is 1.72. The minimum Gasteiger partial charge on any atom is -0.379 e. The zero-order valence-corrected chi connectivity index (χ0v) is 8.13. The maximum atomic E-state index is 5.55. The van der Waals surface area contributed by atoms with E-state index in [4.69, 9.17) is 14.2 Å². The van der Waals surface area contributed by atoms with Crippen molar-refractivity contribution < 1.29 is 14.2 Å². The Morgan fingerprint density at radius 2 is 2.25 bits per heavy atom. The molecule has 0 aromatic carbocycles. The lowest BCUT2D eigenvalue weighted by molar-refractivity contribution is -0.145. The summed E-state index contributed by atoms with van der Waals surface area (Å²) in [5.74, 6) is -0.416. The number of hydrogen-bond acceptors (Lipinski definition) is 3. The average Bonchev–Trinajstić information content (AvgIpc) is 2.31. The van der Waals surface area contributed by atoms with E-state index in [9.17, 15) is 0 Å². The lowest BCUT2D eigenvalue weighted by atomic mass is 10.4. The molecule has 0 saturated carbocycles. The second kappa shape index (κ2) is 4.21. The Hall–Kier alpha value is -0.120. The second-order valence-corrected chi connectivity index (χ2v) is 3.53. The van der Waals surface area contributed by atoms with E-state index < -0.39 is 5.79 Å². The smallest absolute Gasteiger partial charge is 0.163 e. The topological polar surface area (TPSA) is 27.7 Å². The van der Waals surface area contributed by atoms with Gasteiger partial charge >= 0.3 is 0 Å². The summed E-state index contributed by atoms with van der Waals surface area (Å²) < 4.78 is 16.3. The Labute approximate surface area is 74.0 Å². The monoisotopic (exact) mass is 174 g/mol. The van der Waals surface area contributed by atoms with Gasteiger partial charge in [0.15, 0.2) is 5.79 Å². The van der Waals surface area contributed by atoms with Crippen LogP contribution in [-0.4, -0.2) is 31.7 Å². The third-order valence-corrected chi connectivity index (χ3v) is 1.72. The zero-order chi connectivity index (χ0) is 9.03. The first-order chi connectivity index (χ1) is 5.64. The Bertz CT molecular complexity index is 134. The minimum absolute atomic E-state index is 0.117. The Kier molecular flexibility index (Phi) is 3.50. The first kappa shape index (κ1) is 9.96. The minimum atomic E-state index is -0.416. The zero-order valence-electron chi connectivity index (χ0n) is 8.13. The molecule has 1 heterocycles. The van der Waals surface area contributed by atoms with Gasteiger partial charge in [0.25, 0.3) is 0 Å². The summed E-state index contributed by atoms with van der Waals surface area (Å²) in [7, 11) is 0. The van der Waals surface area contributed by atoms with Gasteiger partial charge in [-0.15, -0.1) is 0 Å². The molecule has 1 atom stereocenters. The van der Waals surface area contributed by atoms with Crippen molar-refractivity contribution in [1.82, 2.24) is 0 Å². The van der Waals surface area contributed by atoms with Crippen LogP contribution in [0.15, 0.2) is 0 Å². The highest BCUT2D eigenvalue weighted by molar-refractivity contribution is 4.69. The van der Waals surface area contributed by atoms with Crippen LogP contribution in [0.5, 0.6) is 0 Å². The van der Waals surface area contributed by atoms with Crippen LogP contribution in [0.25, 0.3) is 0 Å². The van der Waals surface area contributed by atoms with Gasteiger partial charge in [-0.25, -0.2) is 0 Å². The van der Waals surface area contributed by atoms with E-state index >= 15 is 0 Å². The van der Waals surface area contributed by atoms with Crippen LogP contribution < -0.4 is 0 Å². The molecule has 0 aliphatic carbocycles.